The zero-order valence-corrected chi connectivity index (χ0v) is 8.75. The number of hydrogen-bond donors (Lipinski definition) is 0. The number of halogens is 3. The Labute approximate surface area is 93.7 Å². The van der Waals surface area contributed by atoms with Crippen LogP contribution in [-0.2, 0) is 18.8 Å². The van der Waals surface area contributed by atoms with Crippen LogP contribution in [0.1, 0.15) is 5.89 Å². The second-order valence-electron chi connectivity index (χ2n) is 3.00. The van der Waals surface area contributed by atoms with Gasteiger partial charge in [-0.1, -0.05) is 5.16 Å². The SMILES string of the molecule is FC(F)(F)c1nc(-c2ccc([SH2+])cc2)no1. The van der Waals surface area contributed by atoms with Crippen molar-refractivity contribution in [3.63, 3.8) is 0 Å². The molecule has 0 bridgehead atoms. The highest BCUT2D eigenvalue weighted by Crippen LogP contribution is 2.29. The molecule has 2 rings (SSSR count). The summed E-state index contributed by atoms with van der Waals surface area (Å²) in [6, 6.07) is 6.53. The number of nitrogens with zero attached hydrogens (tertiary/aromatic N) is 2. The maximum Gasteiger partial charge on any atom is 0.471 e. The van der Waals surface area contributed by atoms with Crippen molar-refractivity contribution in [3.8, 4) is 11.4 Å². The molecule has 0 aliphatic rings. The van der Waals surface area contributed by atoms with Crippen molar-refractivity contribution in [2.75, 3.05) is 0 Å². The summed E-state index contributed by atoms with van der Waals surface area (Å²) in [6.45, 7) is 0. The Morgan fingerprint density at radius 3 is 2.25 bits per heavy atom. The molecule has 0 amide bonds. The molecule has 0 atom stereocenters. The Morgan fingerprint density at radius 2 is 1.75 bits per heavy atom. The summed E-state index contributed by atoms with van der Waals surface area (Å²) in [4.78, 5) is 4.07. The molecule has 0 aliphatic heterocycles. The highest BCUT2D eigenvalue weighted by Gasteiger charge is 2.38. The molecule has 1 heterocycles. The first kappa shape index (κ1) is 11.0. The van der Waals surface area contributed by atoms with Crippen LogP contribution in [0.4, 0.5) is 13.2 Å². The van der Waals surface area contributed by atoms with Gasteiger partial charge < -0.3 is 4.52 Å². The summed E-state index contributed by atoms with van der Waals surface area (Å²) in [7, 11) is 0. The van der Waals surface area contributed by atoms with Gasteiger partial charge in [0.2, 0.25) is 5.82 Å². The van der Waals surface area contributed by atoms with Crippen LogP contribution in [0.5, 0.6) is 0 Å². The summed E-state index contributed by atoms with van der Waals surface area (Å²) < 4.78 is 40.6. The number of alkyl halides is 3. The molecule has 0 fully saturated rings. The minimum absolute atomic E-state index is 0.0843. The van der Waals surface area contributed by atoms with Crippen LogP contribution in [0.2, 0.25) is 0 Å². The van der Waals surface area contributed by atoms with Crippen LogP contribution in [0.25, 0.3) is 11.4 Å². The summed E-state index contributed by atoms with van der Waals surface area (Å²) in [6.07, 6.45) is -4.61. The minimum atomic E-state index is -4.61. The van der Waals surface area contributed by atoms with Gasteiger partial charge in [0.15, 0.2) is 0 Å². The first-order valence-corrected chi connectivity index (χ1v) is 4.70. The Morgan fingerprint density at radius 1 is 1.12 bits per heavy atom. The van der Waals surface area contributed by atoms with Gasteiger partial charge >= 0.3 is 12.1 Å². The van der Waals surface area contributed by atoms with Gasteiger partial charge in [-0.3, -0.25) is 0 Å². The minimum Gasteiger partial charge on any atom is -0.329 e. The van der Waals surface area contributed by atoms with Crippen LogP contribution < -0.4 is 0 Å². The maximum absolute atomic E-state index is 12.2. The molecule has 0 saturated heterocycles. The van der Waals surface area contributed by atoms with Gasteiger partial charge in [0, 0.05) is 5.56 Å². The first-order valence-electron chi connectivity index (χ1n) is 4.20. The van der Waals surface area contributed by atoms with Gasteiger partial charge in [-0.2, -0.15) is 18.2 Å². The highest BCUT2D eigenvalue weighted by molar-refractivity contribution is 7.58. The summed E-state index contributed by atoms with van der Waals surface area (Å²) in [5.41, 5.74) is 0.459. The predicted octanol–water partition coefficient (Wildman–Crippen LogP) is 2.13. The molecule has 0 aliphatic carbocycles. The third-order valence-electron chi connectivity index (χ3n) is 1.81. The van der Waals surface area contributed by atoms with Crippen molar-refractivity contribution < 1.29 is 17.7 Å². The molecule has 2 aromatic rings. The maximum atomic E-state index is 12.2. The normalized spacial score (nSPS) is 11.8. The van der Waals surface area contributed by atoms with Crippen molar-refractivity contribution in [2.24, 2.45) is 0 Å². The van der Waals surface area contributed by atoms with E-state index < -0.39 is 12.1 Å². The largest absolute Gasteiger partial charge is 0.471 e. The van der Waals surface area contributed by atoms with E-state index in [-0.39, 0.29) is 5.82 Å². The molecule has 1 aromatic heterocycles. The monoisotopic (exact) mass is 247 g/mol. The van der Waals surface area contributed by atoms with Crippen molar-refractivity contribution in [1.82, 2.24) is 10.1 Å². The van der Waals surface area contributed by atoms with Gasteiger partial charge in [-0.25, -0.2) is 0 Å². The zero-order chi connectivity index (χ0) is 11.8. The third kappa shape index (κ3) is 2.19. The Hall–Kier alpha value is -1.50. The smallest absolute Gasteiger partial charge is 0.329 e. The lowest BCUT2D eigenvalue weighted by atomic mass is 10.2. The van der Waals surface area contributed by atoms with E-state index in [4.69, 9.17) is 0 Å². The van der Waals surface area contributed by atoms with Crippen molar-refractivity contribution in [1.29, 1.82) is 0 Å². The lowest BCUT2D eigenvalue weighted by Crippen LogP contribution is -2.04. The van der Waals surface area contributed by atoms with E-state index in [1.165, 1.54) is 0 Å². The second kappa shape index (κ2) is 3.82. The summed E-state index contributed by atoms with van der Waals surface area (Å²) in [5.74, 6) is -1.43. The Kier molecular flexibility index (Phi) is 2.63. The number of aromatic nitrogens is 2. The summed E-state index contributed by atoms with van der Waals surface area (Å²) in [5, 5.41) is 3.26. The number of hydrogen-bond acceptors (Lipinski definition) is 3. The molecule has 0 N–H and O–H groups in total. The topological polar surface area (TPSA) is 38.9 Å². The molecular formula is C9H6F3N2OS+. The van der Waals surface area contributed by atoms with Crippen molar-refractivity contribution >= 4 is 12.6 Å². The average molecular weight is 247 g/mol. The number of rotatable bonds is 1. The fraction of sp³-hybridized carbons (Fsp3) is 0.111. The quantitative estimate of drug-likeness (QED) is 0.724. The lowest BCUT2D eigenvalue weighted by Gasteiger charge is -1.96. The molecule has 0 saturated carbocycles. The highest BCUT2D eigenvalue weighted by atomic mass is 32.1. The molecule has 16 heavy (non-hydrogen) atoms. The molecular weight excluding hydrogens is 241 g/mol. The molecule has 1 aromatic carbocycles. The van der Waals surface area contributed by atoms with Crippen LogP contribution in [-0.4, -0.2) is 10.1 Å². The van der Waals surface area contributed by atoms with E-state index in [0.717, 1.165) is 4.90 Å². The van der Waals surface area contributed by atoms with Gasteiger partial charge in [0.25, 0.3) is 0 Å². The van der Waals surface area contributed by atoms with Crippen molar-refractivity contribution in [3.05, 3.63) is 30.2 Å². The molecule has 3 nitrogen and oxygen atoms in total. The van der Waals surface area contributed by atoms with Crippen molar-refractivity contribution in [2.45, 2.75) is 11.1 Å². The fourth-order valence-electron chi connectivity index (χ4n) is 1.08. The zero-order valence-electron chi connectivity index (χ0n) is 7.75. The fourth-order valence-corrected chi connectivity index (χ4v) is 1.24. The number of benzene rings is 1. The predicted molar refractivity (Wildman–Crippen MR) is 53.2 cm³/mol. The van der Waals surface area contributed by atoms with Gasteiger partial charge in [0.1, 0.15) is 4.90 Å². The van der Waals surface area contributed by atoms with Crippen LogP contribution >= 0.6 is 0 Å². The van der Waals surface area contributed by atoms with E-state index in [0.29, 0.717) is 5.56 Å². The van der Waals surface area contributed by atoms with Gasteiger partial charge in [0.05, 0.1) is 0 Å². The standard InChI is InChI=1S/C9H5F3N2OS/c10-9(11,12)8-13-7(14-15-8)5-1-3-6(16)4-2-5/h1-4,16H/p+1. The summed E-state index contributed by atoms with van der Waals surface area (Å²) >= 11 is 3.26. The van der Waals surface area contributed by atoms with E-state index >= 15 is 0 Å². The van der Waals surface area contributed by atoms with E-state index in [1.54, 1.807) is 24.3 Å². The molecule has 84 valence electrons. The Balaban J connectivity index is 2.35. The average Bonchev–Trinajstić information content (AvgIpc) is 2.67. The molecule has 0 radical (unpaired) electrons. The second-order valence-corrected chi connectivity index (χ2v) is 3.58. The Bertz CT molecular complexity index is 492. The van der Waals surface area contributed by atoms with Crippen LogP contribution in [0.3, 0.4) is 0 Å². The molecule has 7 heteroatoms. The van der Waals surface area contributed by atoms with E-state index in [1.807, 2.05) is 0 Å². The molecule has 0 unspecified atom stereocenters. The van der Waals surface area contributed by atoms with E-state index in [9.17, 15) is 13.2 Å². The molecule has 0 spiro atoms. The van der Waals surface area contributed by atoms with Gasteiger partial charge in [-0.15, -0.1) is 0 Å². The first-order chi connectivity index (χ1) is 7.47. The van der Waals surface area contributed by atoms with E-state index in [2.05, 4.69) is 27.3 Å². The lowest BCUT2D eigenvalue weighted by molar-refractivity contribution is -0.159. The van der Waals surface area contributed by atoms with Crippen LogP contribution in [0.15, 0.2) is 33.7 Å². The third-order valence-corrected chi connectivity index (χ3v) is 2.14. The van der Waals surface area contributed by atoms with Crippen LogP contribution in [0, 0.1) is 0 Å². The van der Waals surface area contributed by atoms with Gasteiger partial charge in [-0.05, 0) is 36.9 Å².